The van der Waals surface area contributed by atoms with Gasteiger partial charge in [0.1, 0.15) is 0 Å². The molecule has 2 N–H and O–H groups in total. The second-order valence-electron chi connectivity index (χ2n) is 6.15. The molecule has 25 heavy (non-hydrogen) atoms. The van der Waals surface area contributed by atoms with Crippen LogP contribution in [-0.2, 0) is 11.2 Å². The van der Waals surface area contributed by atoms with Gasteiger partial charge in [-0.15, -0.1) is 16.4 Å². The molecule has 1 atom stereocenters. The zero-order valence-electron chi connectivity index (χ0n) is 13.4. The summed E-state index contributed by atoms with van der Waals surface area (Å²) >= 11 is 7.48. The van der Waals surface area contributed by atoms with E-state index in [0.717, 1.165) is 52.3 Å². The van der Waals surface area contributed by atoms with Crippen LogP contribution >= 0.6 is 22.9 Å². The fraction of sp³-hybridized carbons (Fsp3) is 0.278. The zero-order valence-corrected chi connectivity index (χ0v) is 14.9. The number of carbonyl (C=O) groups excluding carboxylic acids is 1. The third kappa shape index (κ3) is 3.25. The van der Waals surface area contributed by atoms with Gasteiger partial charge in [0.2, 0.25) is 0 Å². The summed E-state index contributed by atoms with van der Waals surface area (Å²) in [5, 5.41) is 10.0. The number of rotatable bonds is 4. The number of hydrogen-bond donors (Lipinski definition) is 1. The van der Waals surface area contributed by atoms with Crippen LogP contribution in [0.2, 0.25) is 5.02 Å². The van der Waals surface area contributed by atoms with Crippen molar-refractivity contribution in [3.8, 4) is 10.4 Å². The molecule has 1 saturated heterocycles. The minimum absolute atomic E-state index is 0.228. The Bertz CT molecular complexity index is 933. The fourth-order valence-corrected chi connectivity index (χ4v) is 4.38. The summed E-state index contributed by atoms with van der Waals surface area (Å²) in [6, 6.07) is 9.69. The second-order valence-corrected chi connectivity index (χ2v) is 7.64. The van der Waals surface area contributed by atoms with Crippen molar-refractivity contribution in [1.82, 2.24) is 10.2 Å². The van der Waals surface area contributed by atoms with Crippen LogP contribution in [0.25, 0.3) is 20.5 Å². The SMILES string of the molecule is NC(=O)c1nnc(CC2CCOC2)c2cc(-c3ccc(Cl)cc3)sc12. The number of hydrogen-bond acceptors (Lipinski definition) is 5. The lowest BCUT2D eigenvalue weighted by Crippen LogP contribution is -2.15. The van der Waals surface area contributed by atoms with Gasteiger partial charge in [0.05, 0.1) is 10.4 Å². The molecule has 4 rings (SSSR count). The molecule has 0 saturated carbocycles. The molecule has 0 spiro atoms. The van der Waals surface area contributed by atoms with E-state index in [-0.39, 0.29) is 5.69 Å². The Morgan fingerprint density at radius 2 is 2.12 bits per heavy atom. The number of nitrogens with two attached hydrogens (primary N) is 1. The lowest BCUT2D eigenvalue weighted by molar-refractivity contribution is 0.0996. The molecule has 1 unspecified atom stereocenters. The van der Waals surface area contributed by atoms with E-state index in [9.17, 15) is 4.79 Å². The molecule has 1 aliphatic rings. The average molecular weight is 374 g/mol. The molecule has 1 aliphatic heterocycles. The van der Waals surface area contributed by atoms with Gasteiger partial charge in [0.25, 0.3) is 5.91 Å². The summed E-state index contributed by atoms with van der Waals surface area (Å²) in [5.74, 6) is -0.117. The van der Waals surface area contributed by atoms with Crippen LogP contribution in [0, 0.1) is 5.92 Å². The van der Waals surface area contributed by atoms with Crippen molar-refractivity contribution in [2.45, 2.75) is 12.8 Å². The first-order chi connectivity index (χ1) is 12.1. The summed E-state index contributed by atoms with van der Waals surface area (Å²) in [6.07, 6.45) is 1.81. The quantitative estimate of drug-likeness (QED) is 0.756. The maximum Gasteiger partial charge on any atom is 0.270 e. The molecule has 7 heteroatoms. The van der Waals surface area contributed by atoms with Crippen molar-refractivity contribution in [2.75, 3.05) is 13.2 Å². The number of nitrogens with zero attached hydrogens (tertiary/aromatic N) is 2. The Labute approximate surface area is 153 Å². The Morgan fingerprint density at radius 1 is 1.32 bits per heavy atom. The number of thiophene rings is 1. The number of primary amides is 1. The van der Waals surface area contributed by atoms with E-state index < -0.39 is 5.91 Å². The normalized spacial score (nSPS) is 17.2. The van der Waals surface area contributed by atoms with Crippen LogP contribution in [-0.4, -0.2) is 29.3 Å². The van der Waals surface area contributed by atoms with Crippen LogP contribution in [0.1, 0.15) is 22.6 Å². The number of amides is 1. The minimum Gasteiger partial charge on any atom is -0.381 e. The van der Waals surface area contributed by atoms with Gasteiger partial charge in [0.15, 0.2) is 5.69 Å². The Balaban J connectivity index is 1.82. The molecule has 128 valence electrons. The topological polar surface area (TPSA) is 78.1 Å². The summed E-state index contributed by atoms with van der Waals surface area (Å²) in [6.45, 7) is 1.54. The molecular weight excluding hydrogens is 358 g/mol. The lowest BCUT2D eigenvalue weighted by Gasteiger charge is -2.08. The second kappa shape index (κ2) is 6.71. The molecule has 1 fully saturated rings. The molecule has 2 aromatic heterocycles. The summed E-state index contributed by atoms with van der Waals surface area (Å²) in [7, 11) is 0. The van der Waals surface area contributed by atoms with Crippen LogP contribution in [0.5, 0.6) is 0 Å². The number of benzene rings is 1. The number of ether oxygens (including phenoxy) is 1. The molecule has 5 nitrogen and oxygen atoms in total. The maximum absolute atomic E-state index is 11.8. The van der Waals surface area contributed by atoms with E-state index in [1.54, 1.807) is 0 Å². The minimum atomic E-state index is -0.558. The standard InChI is InChI=1S/C18H16ClN3O2S/c19-12-3-1-11(2-4-12)15-8-13-14(7-10-5-6-24-9-10)21-22-16(18(20)23)17(13)25-15/h1-4,8,10H,5-7,9H2,(H2,20,23). The highest BCUT2D eigenvalue weighted by atomic mass is 35.5. The zero-order chi connectivity index (χ0) is 17.4. The van der Waals surface area contributed by atoms with E-state index in [2.05, 4.69) is 16.3 Å². The van der Waals surface area contributed by atoms with Crippen LogP contribution in [0.4, 0.5) is 0 Å². The Kier molecular flexibility index (Phi) is 4.41. The number of aromatic nitrogens is 2. The predicted molar refractivity (Wildman–Crippen MR) is 99.0 cm³/mol. The highest BCUT2D eigenvalue weighted by Crippen LogP contribution is 2.37. The highest BCUT2D eigenvalue weighted by Gasteiger charge is 2.22. The van der Waals surface area contributed by atoms with Gasteiger partial charge in [-0.2, -0.15) is 5.10 Å². The van der Waals surface area contributed by atoms with Crippen molar-refractivity contribution in [1.29, 1.82) is 0 Å². The number of carbonyl (C=O) groups is 1. The van der Waals surface area contributed by atoms with Gasteiger partial charge in [0, 0.05) is 28.5 Å². The monoisotopic (exact) mass is 373 g/mol. The Hall–Kier alpha value is -2.02. The first-order valence-electron chi connectivity index (χ1n) is 8.04. The van der Waals surface area contributed by atoms with Gasteiger partial charge < -0.3 is 10.5 Å². The van der Waals surface area contributed by atoms with Crippen LogP contribution in [0.3, 0.4) is 0 Å². The smallest absolute Gasteiger partial charge is 0.270 e. The van der Waals surface area contributed by atoms with E-state index in [1.165, 1.54) is 11.3 Å². The van der Waals surface area contributed by atoms with Crippen molar-refractivity contribution < 1.29 is 9.53 Å². The largest absolute Gasteiger partial charge is 0.381 e. The number of halogens is 1. The van der Waals surface area contributed by atoms with Crippen LogP contribution < -0.4 is 5.73 Å². The summed E-state index contributed by atoms with van der Waals surface area (Å²) in [4.78, 5) is 12.8. The molecule has 0 radical (unpaired) electrons. The molecule has 1 aromatic carbocycles. The molecule has 0 aliphatic carbocycles. The predicted octanol–water partition coefficient (Wildman–Crippen LogP) is 3.69. The third-order valence-electron chi connectivity index (χ3n) is 4.40. The molecule has 0 bridgehead atoms. The van der Waals surface area contributed by atoms with Gasteiger partial charge in [-0.05, 0) is 42.5 Å². The lowest BCUT2D eigenvalue weighted by atomic mass is 10.0. The van der Waals surface area contributed by atoms with Crippen LogP contribution in [0.15, 0.2) is 30.3 Å². The van der Waals surface area contributed by atoms with Crippen molar-refractivity contribution in [3.05, 3.63) is 46.7 Å². The van der Waals surface area contributed by atoms with Crippen molar-refractivity contribution in [3.63, 3.8) is 0 Å². The number of fused-ring (bicyclic) bond motifs is 1. The fourth-order valence-electron chi connectivity index (χ4n) is 3.08. The third-order valence-corrected chi connectivity index (χ3v) is 5.84. The van der Waals surface area contributed by atoms with Gasteiger partial charge >= 0.3 is 0 Å². The van der Waals surface area contributed by atoms with E-state index in [4.69, 9.17) is 22.1 Å². The molecule has 3 heterocycles. The average Bonchev–Trinajstić information content (AvgIpc) is 3.25. The van der Waals surface area contributed by atoms with Gasteiger partial charge in [-0.25, -0.2) is 0 Å². The van der Waals surface area contributed by atoms with Gasteiger partial charge in [-0.1, -0.05) is 23.7 Å². The molecule has 3 aromatic rings. The van der Waals surface area contributed by atoms with E-state index in [1.807, 2.05) is 24.3 Å². The Morgan fingerprint density at radius 3 is 2.80 bits per heavy atom. The van der Waals surface area contributed by atoms with Gasteiger partial charge in [-0.3, -0.25) is 4.79 Å². The van der Waals surface area contributed by atoms with Crippen molar-refractivity contribution >= 4 is 38.9 Å². The summed E-state index contributed by atoms with van der Waals surface area (Å²) in [5.41, 5.74) is 7.65. The maximum atomic E-state index is 11.8. The highest BCUT2D eigenvalue weighted by molar-refractivity contribution is 7.22. The van der Waals surface area contributed by atoms with E-state index in [0.29, 0.717) is 10.9 Å². The first kappa shape index (κ1) is 16.4. The molecular formula is C18H16ClN3O2S. The first-order valence-corrected chi connectivity index (χ1v) is 9.24. The molecule has 1 amide bonds. The van der Waals surface area contributed by atoms with Crippen molar-refractivity contribution in [2.24, 2.45) is 11.7 Å². The summed E-state index contributed by atoms with van der Waals surface area (Å²) < 4.78 is 6.25. The van der Waals surface area contributed by atoms with E-state index >= 15 is 0 Å².